The SMILES string of the molecule is CCCNC(c1cccc(C)n1)c1cccc2c1OCC2. The van der Waals surface area contributed by atoms with Crippen molar-refractivity contribution >= 4 is 0 Å². The Morgan fingerprint density at radius 2 is 2.10 bits per heavy atom. The first kappa shape index (κ1) is 14.1. The van der Waals surface area contributed by atoms with Crippen LogP contribution in [0, 0.1) is 6.92 Å². The van der Waals surface area contributed by atoms with Crippen molar-refractivity contribution in [1.29, 1.82) is 0 Å². The molecule has 2 heterocycles. The maximum atomic E-state index is 5.87. The standard InChI is InChI=1S/C18H22N2O/c1-3-11-19-17(16-9-4-6-13(2)20-16)15-8-5-7-14-10-12-21-18(14)15/h4-9,17,19H,3,10-12H2,1-2H3. The molecule has 1 aromatic carbocycles. The minimum atomic E-state index is 0.0953. The maximum absolute atomic E-state index is 5.87. The second-order valence-corrected chi connectivity index (χ2v) is 5.52. The molecule has 1 aliphatic heterocycles. The number of rotatable bonds is 5. The smallest absolute Gasteiger partial charge is 0.127 e. The molecule has 1 aromatic heterocycles. The van der Waals surface area contributed by atoms with E-state index in [0.29, 0.717) is 0 Å². The number of benzene rings is 1. The van der Waals surface area contributed by atoms with Crippen molar-refractivity contribution in [2.75, 3.05) is 13.2 Å². The second-order valence-electron chi connectivity index (χ2n) is 5.52. The summed E-state index contributed by atoms with van der Waals surface area (Å²) in [6.07, 6.45) is 2.10. The van der Waals surface area contributed by atoms with Crippen LogP contribution >= 0.6 is 0 Å². The fourth-order valence-corrected chi connectivity index (χ4v) is 2.86. The number of hydrogen-bond donors (Lipinski definition) is 1. The van der Waals surface area contributed by atoms with E-state index in [9.17, 15) is 0 Å². The normalized spacial score (nSPS) is 14.6. The quantitative estimate of drug-likeness (QED) is 0.912. The van der Waals surface area contributed by atoms with Crippen LogP contribution in [0.15, 0.2) is 36.4 Å². The number of aromatic nitrogens is 1. The Kier molecular flexibility index (Phi) is 4.20. The molecule has 0 radical (unpaired) electrons. The molecular weight excluding hydrogens is 260 g/mol. The highest BCUT2D eigenvalue weighted by Gasteiger charge is 2.23. The summed E-state index contributed by atoms with van der Waals surface area (Å²) >= 11 is 0. The lowest BCUT2D eigenvalue weighted by Gasteiger charge is -2.21. The number of pyridine rings is 1. The van der Waals surface area contributed by atoms with Gasteiger partial charge in [0.25, 0.3) is 0 Å². The fraction of sp³-hybridized carbons (Fsp3) is 0.389. The molecule has 1 unspecified atom stereocenters. The van der Waals surface area contributed by atoms with Gasteiger partial charge < -0.3 is 10.1 Å². The molecule has 0 saturated heterocycles. The van der Waals surface area contributed by atoms with E-state index in [1.165, 1.54) is 11.1 Å². The molecule has 3 nitrogen and oxygen atoms in total. The molecule has 2 aromatic rings. The monoisotopic (exact) mass is 282 g/mol. The van der Waals surface area contributed by atoms with Crippen molar-refractivity contribution < 1.29 is 4.74 Å². The fourth-order valence-electron chi connectivity index (χ4n) is 2.86. The van der Waals surface area contributed by atoms with Crippen molar-refractivity contribution in [2.45, 2.75) is 32.7 Å². The van der Waals surface area contributed by atoms with Crippen molar-refractivity contribution in [3.05, 3.63) is 58.9 Å². The van der Waals surface area contributed by atoms with Gasteiger partial charge in [-0.05, 0) is 37.6 Å². The average molecular weight is 282 g/mol. The zero-order valence-corrected chi connectivity index (χ0v) is 12.7. The van der Waals surface area contributed by atoms with Crippen LogP contribution in [0.2, 0.25) is 0 Å². The summed E-state index contributed by atoms with van der Waals surface area (Å²) in [7, 11) is 0. The number of hydrogen-bond acceptors (Lipinski definition) is 3. The molecule has 0 spiro atoms. The van der Waals surface area contributed by atoms with Gasteiger partial charge in [0, 0.05) is 17.7 Å². The van der Waals surface area contributed by atoms with Crippen molar-refractivity contribution in [2.24, 2.45) is 0 Å². The number of para-hydroxylation sites is 1. The van der Waals surface area contributed by atoms with Crippen LogP contribution in [0.5, 0.6) is 5.75 Å². The number of aryl methyl sites for hydroxylation is 1. The number of ether oxygens (including phenoxy) is 1. The van der Waals surface area contributed by atoms with Crippen LogP contribution in [0.4, 0.5) is 0 Å². The Bertz CT molecular complexity index is 624. The zero-order chi connectivity index (χ0) is 14.7. The summed E-state index contributed by atoms with van der Waals surface area (Å²) in [5, 5.41) is 3.62. The first-order chi connectivity index (χ1) is 10.3. The van der Waals surface area contributed by atoms with Crippen LogP contribution in [-0.2, 0) is 6.42 Å². The van der Waals surface area contributed by atoms with Crippen LogP contribution < -0.4 is 10.1 Å². The van der Waals surface area contributed by atoms with Gasteiger partial charge >= 0.3 is 0 Å². The molecule has 3 rings (SSSR count). The van der Waals surface area contributed by atoms with E-state index < -0.39 is 0 Å². The van der Waals surface area contributed by atoms with Gasteiger partial charge in [-0.25, -0.2) is 0 Å². The molecule has 21 heavy (non-hydrogen) atoms. The summed E-state index contributed by atoms with van der Waals surface area (Å²) in [5.74, 6) is 1.05. The third-order valence-corrected chi connectivity index (χ3v) is 3.86. The summed E-state index contributed by atoms with van der Waals surface area (Å²) < 4.78 is 5.87. The minimum Gasteiger partial charge on any atom is -0.493 e. The van der Waals surface area contributed by atoms with Gasteiger partial charge in [0.05, 0.1) is 18.3 Å². The molecule has 1 aliphatic rings. The van der Waals surface area contributed by atoms with E-state index in [4.69, 9.17) is 9.72 Å². The molecule has 0 saturated carbocycles. The van der Waals surface area contributed by atoms with Gasteiger partial charge in [-0.15, -0.1) is 0 Å². The highest BCUT2D eigenvalue weighted by molar-refractivity contribution is 5.48. The Morgan fingerprint density at radius 1 is 1.24 bits per heavy atom. The lowest BCUT2D eigenvalue weighted by atomic mass is 9.98. The average Bonchev–Trinajstić information content (AvgIpc) is 2.97. The molecular formula is C18H22N2O. The van der Waals surface area contributed by atoms with E-state index in [0.717, 1.165) is 43.1 Å². The van der Waals surface area contributed by atoms with Crippen LogP contribution in [0.1, 0.15) is 41.9 Å². The van der Waals surface area contributed by atoms with Crippen LogP contribution in [-0.4, -0.2) is 18.1 Å². The Morgan fingerprint density at radius 3 is 2.90 bits per heavy atom. The van der Waals surface area contributed by atoms with Gasteiger partial charge in [0.2, 0.25) is 0 Å². The van der Waals surface area contributed by atoms with Crippen LogP contribution in [0.3, 0.4) is 0 Å². The first-order valence-electron chi connectivity index (χ1n) is 7.71. The minimum absolute atomic E-state index is 0.0953. The number of fused-ring (bicyclic) bond motifs is 1. The van der Waals surface area contributed by atoms with Crippen molar-refractivity contribution in [1.82, 2.24) is 10.3 Å². The summed E-state index contributed by atoms with van der Waals surface area (Å²) in [6, 6.07) is 12.7. The molecule has 1 N–H and O–H groups in total. The van der Waals surface area contributed by atoms with Crippen molar-refractivity contribution in [3.8, 4) is 5.75 Å². The topological polar surface area (TPSA) is 34.2 Å². The molecule has 0 fully saturated rings. The maximum Gasteiger partial charge on any atom is 0.127 e. The third-order valence-electron chi connectivity index (χ3n) is 3.86. The Balaban J connectivity index is 2.02. The van der Waals surface area contributed by atoms with E-state index >= 15 is 0 Å². The predicted octanol–water partition coefficient (Wildman–Crippen LogP) is 3.41. The lowest BCUT2D eigenvalue weighted by molar-refractivity contribution is 0.350. The van der Waals surface area contributed by atoms with Gasteiger partial charge in [-0.1, -0.05) is 31.2 Å². The molecule has 0 bridgehead atoms. The van der Waals surface area contributed by atoms with E-state index in [2.05, 4.69) is 42.6 Å². The second kappa shape index (κ2) is 6.27. The number of nitrogens with one attached hydrogen (secondary N) is 1. The molecule has 3 heteroatoms. The van der Waals surface area contributed by atoms with E-state index in [1.807, 2.05) is 13.0 Å². The molecule has 0 amide bonds. The summed E-state index contributed by atoms with van der Waals surface area (Å²) in [4.78, 5) is 4.71. The third kappa shape index (κ3) is 2.93. The van der Waals surface area contributed by atoms with Gasteiger partial charge in [0.1, 0.15) is 5.75 Å². The first-order valence-corrected chi connectivity index (χ1v) is 7.71. The summed E-state index contributed by atoms with van der Waals surface area (Å²) in [6.45, 7) is 5.96. The zero-order valence-electron chi connectivity index (χ0n) is 12.7. The molecule has 0 aliphatic carbocycles. The number of nitrogens with zero attached hydrogens (tertiary/aromatic N) is 1. The Hall–Kier alpha value is -1.87. The van der Waals surface area contributed by atoms with Gasteiger partial charge in [-0.2, -0.15) is 0 Å². The molecule has 110 valence electrons. The highest BCUT2D eigenvalue weighted by atomic mass is 16.5. The van der Waals surface area contributed by atoms with Crippen molar-refractivity contribution in [3.63, 3.8) is 0 Å². The predicted molar refractivity (Wildman–Crippen MR) is 84.8 cm³/mol. The molecule has 1 atom stereocenters. The van der Waals surface area contributed by atoms with Crippen LogP contribution in [0.25, 0.3) is 0 Å². The largest absolute Gasteiger partial charge is 0.493 e. The summed E-state index contributed by atoms with van der Waals surface area (Å²) in [5.41, 5.74) is 4.62. The Labute approximate surface area is 126 Å². The van der Waals surface area contributed by atoms with Gasteiger partial charge in [0.15, 0.2) is 0 Å². The van der Waals surface area contributed by atoms with Gasteiger partial charge in [-0.3, -0.25) is 4.98 Å². The van der Waals surface area contributed by atoms with E-state index in [-0.39, 0.29) is 6.04 Å². The van der Waals surface area contributed by atoms with E-state index in [1.54, 1.807) is 0 Å². The lowest BCUT2D eigenvalue weighted by Crippen LogP contribution is -2.24. The highest BCUT2D eigenvalue weighted by Crippen LogP contribution is 2.35.